The molecule has 0 rings (SSSR count). The summed E-state index contributed by atoms with van der Waals surface area (Å²) >= 11 is 0. The van der Waals surface area contributed by atoms with Gasteiger partial charge in [0.05, 0.1) is 0 Å². The predicted molar refractivity (Wildman–Crippen MR) is 95.1 cm³/mol. The van der Waals surface area contributed by atoms with Crippen LogP contribution in [0.2, 0.25) is 0 Å². The van der Waals surface area contributed by atoms with Crippen molar-refractivity contribution in [1.29, 1.82) is 0 Å². The van der Waals surface area contributed by atoms with Crippen LogP contribution >= 0.6 is 0 Å². The molecule has 0 amide bonds. The molecule has 0 bridgehead atoms. The van der Waals surface area contributed by atoms with E-state index in [1.807, 2.05) is 6.08 Å². The Morgan fingerprint density at radius 1 is 0.455 bits per heavy atom. The van der Waals surface area contributed by atoms with Crippen molar-refractivity contribution in [3.8, 4) is 0 Å². The van der Waals surface area contributed by atoms with Gasteiger partial charge < -0.3 is 4.79 Å². The minimum absolute atomic E-state index is 0.745. The van der Waals surface area contributed by atoms with E-state index in [1.54, 1.807) is 6.08 Å². The van der Waals surface area contributed by atoms with Crippen LogP contribution in [-0.2, 0) is 9.59 Å². The van der Waals surface area contributed by atoms with Gasteiger partial charge in [-0.3, -0.25) is 4.79 Å². The normalized spacial score (nSPS) is 11.1. The van der Waals surface area contributed by atoms with Crippen LogP contribution in [-0.4, -0.2) is 12.6 Å². The third-order valence-electron chi connectivity index (χ3n) is 4.16. The molecule has 128 valence electrons. The third kappa shape index (κ3) is 19.1. The molecule has 0 spiro atoms. The SMILES string of the molecule is O=CC=CCCCCCCCCCCCCCCCCC=O. The second kappa shape index (κ2) is 20.1. The van der Waals surface area contributed by atoms with Gasteiger partial charge in [-0.25, -0.2) is 0 Å². The number of allylic oxidation sites excluding steroid dienone is 2. The number of aldehydes is 2. The molecule has 0 aliphatic rings. The maximum absolute atomic E-state index is 10.2. The van der Waals surface area contributed by atoms with Gasteiger partial charge in [-0.1, -0.05) is 83.1 Å². The fourth-order valence-corrected chi connectivity index (χ4v) is 2.76. The molecule has 0 aliphatic carbocycles. The molecule has 22 heavy (non-hydrogen) atoms. The standard InChI is InChI=1S/C20H36O2/c21-19-17-15-13-11-9-7-5-3-1-2-4-6-8-10-12-14-16-18-20-22/h15,17,19-20H,1-14,16,18H2. The van der Waals surface area contributed by atoms with E-state index in [4.69, 9.17) is 0 Å². The molecule has 0 aromatic carbocycles. The summed E-state index contributed by atoms with van der Waals surface area (Å²) < 4.78 is 0. The molecule has 0 fully saturated rings. The van der Waals surface area contributed by atoms with Crippen molar-refractivity contribution in [2.45, 2.75) is 103 Å². The van der Waals surface area contributed by atoms with Crippen LogP contribution < -0.4 is 0 Å². The zero-order valence-electron chi connectivity index (χ0n) is 14.4. The van der Waals surface area contributed by atoms with Crippen LogP contribution in [0.4, 0.5) is 0 Å². The first-order valence-electron chi connectivity index (χ1n) is 9.45. The highest BCUT2D eigenvalue weighted by molar-refractivity contribution is 5.64. The van der Waals surface area contributed by atoms with Crippen molar-refractivity contribution in [2.24, 2.45) is 0 Å². The van der Waals surface area contributed by atoms with Crippen molar-refractivity contribution < 1.29 is 9.59 Å². The average molecular weight is 309 g/mol. The molecule has 2 heteroatoms. The van der Waals surface area contributed by atoms with Gasteiger partial charge in [-0.15, -0.1) is 0 Å². The van der Waals surface area contributed by atoms with Crippen molar-refractivity contribution in [2.75, 3.05) is 0 Å². The average Bonchev–Trinajstić information content (AvgIpc) is 2.54. The summed E-state index contributed by atoms with van der Waals surface area (Å²) in [6.45, 7) is 0. The molecule has 0 saturated heterocycles. The molecule has 0 saturated carbocycles. The Kier molecular flexibility index (Phi) is 19.2. The molecule has 0 heterocycles. The van der Waals surface area contributed by atoms with Gasteiger partial charge in [0.15, 0.2) is 0 Å². The second-order valence-electron chi connectivity index (χ2n) is 6.26. The second-order valence-corrected chi connectivity index (χ2v) is 6.26. The largest absolute Gasteiger partial charge is 0.303 e. The fraction of sp³-hybridized carbons (Fsp3) is 0.800. The summed E-state index contributed by atoms with van der Waals surface area (Å²) in [5.41, 5.74) is 0. The van der Waals surface area contributed by atoms with E-state index in [2.05, 4.69) is 0 Å². The van der Waals surface area contributed by atoms with Crippen LogP contribution in [0.5, 0.6) is 0 Å². The molecule has 0 radical (unpaired) electrons. The van der Waals surface area contributed by atoms with Gasteiger partial charge >= 0.3 is 0 Å². The summed E-state index contributed by atoms with van der Waals surface area (Å²) in [7, 11) is 0. The molecular formula is C20H36O2. The van der Waals surface area contributed by atoms with Crippen LogP contribution in [0.1, 0.15) is 103 Å². The van der Waals surface area contributed by atoms with Crippen LogP contribution in [0.3, 0.4) is 0 Å². The van der Waals surface area contributed by atoms with Gasteiger partial charge in [0.2, 0.25) is 0 Å². The van der Waals surface area contributed by atoms with E-state index in [1.165, 1.54) is 83.5 Å². The third-order valence-corrected chi connectivity index (χ3v) is 4.16. The summed E-state index contributed by atoms with van der Waals surface area (Å²) in [6.07, 6.45) is 25.8. The molecule has 0 unspecified atom stereocenters. The topological polar surface area (TPSA) is 34.1 Å². The minimum atomic E-state index is 0.745. The van der Waals surface area contributed by atoms with Gasteiger partial charge in [-0.05, 0) is 25.3 Å². The molecular weight excluding hydrogens is 272 g/mol. The van der Waals surface area contributed by atoms with Crippen LogP contribution in [0.15, 0.2) is 12.2 Å². The number of unbranched alkanes of at least 4 members (excludes halogenated alkanes) is 15. The number of hydrogen-bond acceptors (Lipinski definition) is 2. The first kappa shape index (κ1) is 21.1. The zero-order valence-corrected chi connectivity index (χ0v) is 14.4. The van der Waals surface area contributed by atoms with E-state index in [9.17, 15) is 9.59 Å². The van der Waals surface area contributed by atoms with Crippen LogP contribution in [0.25, 0.3) is 0 Å². The van der Waals surface area contributed by atoms with Gasteiger partial charge in [0.25, 0.3) is 0 Å². The molecule has 0 atom stereocenters. The Morgan fingerprint density at radius 3 is 1.18 bits per heavy atom. The van der Waals surface area contributed by atoms with Crippen molar-refractivity contribution in [3.63, 3.8) is 0 Å². The van der Waals surface area contributed by atoms with E-state index < -0.39 is 0 Å². The molecule has 2 nitrogen and oxygen atoms in total. The number of hydrogen-bond donors (Lipinski definition) is 0. The molecule has 0 aromatic rings. The maximum atomic E-state index is 10.2. The lowest BCUT2D eigenvalue weighted by Crippen LogP contribution is -1.83. The Labute approximate surface area is 137 Å². The Hall–Kier alpha value is -0.920. The lowest BCUT2D eigenvalue weighted by molar-refractivity contribution is -0.108. The van der Waals surface area contributed by atoms with E-state index in [0.29, 0.717) is 0 Å². The van der Waals surface area contributed by atoms with Gasteiger partial charge in [-0.2, -0.15) is 0 Å². The monoisotopic (exact) mass is 308 g/mol. The fourth-order valence-electron chi connectivity index (χ4n) is 2.76. The van der Waals surface area contributed by atoms with Crippen molar-refractivity contribution in [3.05, 3.63) is 12.2 Å². The highest BCUT2D eigenvalue weighted by atomic mass is 16.1. The lowest BCUT2D eigenvalue weighted by atomic mass is 10.0. The van der Waals surface area contributed by atoms with Crippen LogP contribution in [0, 0.1) is 0 Å². The minimum Gasteiger partial charge on any atom is -0.303 e. The van der Waals surface area contributed by atoms with Crippen molar-refractivity contribution in [1.82, 2.24) is 0 Å². The number of carbonyl (C=O) groups excluding carboxylic acids is 2. The Balaban J connectivity index is 2.98. The first-order chi connectivity index (χ1) is 10.9. The summed E-state index contributed by atoms with van der Waals surface area (Å²) in [4.78, 5) is 20.2. The maximum Gasteiger partial charge on any atom is 0.142 e. The molecule has 0 aliphatic heterocycles. The summed E-state index contributed by atoms with van der Waals surface area (Å²) in [6, 6.07) is 0. The predicted octanol–water partition coefficient (Wildman–Crippen LogP) is 6.18. The lowest BCUT2D eigenvalue weighted by Gasteiger charge is -2.03. The Bertz CT molecular complexity index is 258. The highest BCUT2D eigenvalue weighted by Crippen LogP contribution is 2.13. The van der Waals surface area contributed by atoms with E-state index in [0.717, 1.165) is 31.8 Å². The van der Waals surface area contributed by atoms with Gasteiger partial charge in [0.1, 0.15) is 12.6 Å². The number of carbonyl (C=O) groups is 2. The van der Waals surface area contributed by atoms with Gasteiger partial charge in [0, 0.05) is 6.42 Å². The Morgan fingerprint density at radius 2 is 0.818 bits per heavy atom. The summed E-state index contributed by atoms with van der Waals surface area (Å²) in [5, 5.41) is 0. The zero-order chi connectivity index (χ0) is 16.1. The van der Waals surface area contributed by atoms with E-state index >= 15 is 0 Å². The molecule has 0 aromatic heterocycles. The smallest absolute Gasteiger partial charge is 0.142 e. The van der Waals surface area contributed by atoms with E-state index in [-0.39, 0.29) is 0 Å². The van der Waals surface area contributed by atoms with Crippen molar-refractivity contribution >= 4 is 12.6 Å². The number of rotatable bonds is 18. The highest BCUT2D eigenvalue weighted by Gasteiger charge is 1.94. The summed E-state index contributed by atoms with van der Waals surface area (Å²) in [5.74, 6) is 0. The quantitative estimate of drug-likeness (QED) is 0.172. The molecule has 0 N–H and O–H groups in total. The first-order valence-corrected chi connectivity index (χ1v) is 9.45.